The van der Waals surface area contributed by atoms with E-state index in [9.17, 15) is 14.3 Å². The van der Waals surface area contributed by atoms with E-state index in [0.29, 0.717) is 23.9 Å². The number of carbonyl (C=O) groups is 1. The van der Waals surface area contributed by atoms with Crippen LogP contribution in [0, 0.1) is 5.82 Å². The third-order valence-electron chi connectivity index (χ3n) is 4.02. The summed E-state index contributed by atoms with van der Waals surface area (Å²) in [6, 6.07) is 6.34. The molecule has 2 N–H and O–H groups in total. The smallest absolute Gasteiger partial charge is 0.256 e. The SMILES string of the molecule is O=C(Nc1cnc2c(F)cccc2c1)C1(O)CCCCC1. The Labute approximate surface area is 122 Å². The van der Waals surface area contributed by atoms with E-state index in [1.165, 1.54) is 12.3 Å². The number of amides is 1. The van der Waals surface area contributed by atoms with Crippen LogP contribution in [0.1, 0.15) is 32.1 Å². The van der Waals surface area contributed by atoms with Gasteiger partial charge < -0.3 is 10.4 Å². The summed E-state index contributed by atoms with van der Waals surface area (Å²) in [5.41, 5.74) is -0.557. The van der Waals surface area contributed by atoms with E-state index in [1.54, 1.807) is 18.2 Å². The molecule has 0 unspecified atom stereocenters. The van der Waals surface area contributed by atoms with Gasteiger partial charge in [-0.05, 0) is 25.0 Å². The molecule has 1 fully saturated rings. The number of anilines is 1. The van der Waals surface area contributed by atoms with E-state index in [-0.39, 0.29) is 5.52 Å². The molecule has 4 nitrogen and oxygen atoms in total. The average molecular weight is 288 g/mol. The van der Waals surface area contributed by atoms with Crippen LogP contribution in [0.5, 0.6) is 0 Å². The lowest BCUT2D eigenvalue weighted by molar-refractivity contribution is -0.137. The second-order valence-electron chi connectivity index (χ2n) is 5.58. The summed E-state index contributed by atoms with van der Waals surface area (Å²) in [6.45, 7) is 0. The van der Waals surface area contributed by atoms with Crippen molar-refractivity contribution >= 4 is 22.5 Å². The van der Waals surface area contributed by atoms with Crippen LogP contribution in [-0.2, 0) is 4.79 Å². The maximum absolute atomic E-state index is 13.5. The molecule has 21 heavy (non-hydrogen) atoms. The molecule has 2 aromatic rings. The summed E-state index contributed by atoms with van der Waals surface area (Å²) in [7, 11) is 0. The summed E-state index contributed by atoms with van der Waals surface area (Å²) in [4.78, 5) is 16.3. The topological polar surface area (TPSA) is 62.2 Å². The molecular weight excluding hydrogens is 271 g/mol. The maximum Gasteiger partial charge on any atom is 0.256 e. The van der Waals surface area contributed by atoms with Crippen LogP contribution in [0.2, 0.25) is 0 Å². The summed E-state index contributed by atoms with van der Waals surface area (Å²) >= 11 is 0. The Kier molecular flexibility index (Phi) is 3.59. The zero-order chi connectivity index (χ0) is 14.9. The zero-order valence-electron chi connectivity index (χ0n) is 11.6. The van der Waals surface area contributed by atoms with Crippen LogP contribution in [0.15, 0.2) is 30.5 Å². The number of halogens is 1. The fourth-order valence-corrected chi connectivity index (χ4v) is 2.80. The summed E-state index contributed by atoms with van der Waals surface area (Å²) < 4.78 is 13.5. The van der Waals surface area contributed by atoms with E-state index in [2.05, 4.69) is 10.3 Å². The van der Waals surface area contributed by atoms with Crippen LogP contribution >= 0.6 is 0 Å². The number of carbonyl (C=O) groups excluding carboxylic acids is 1. The van der Waals surface area contributed by atoms with Crippen molar-refractivity contribution in [2.75, 3.05) is 5.32 Å². The lowest BCUT2D eigenvalue weighted by Crippen LogP contribution is -2.44. The third-order valence-corrected chi connectivity index (χ3v) is 4.02. The summed E-state index contributed by atoms with van der Waals surface area (Å²) in [6.07, 6.45) is 5.13. The number of nitrogens with zero attached hydrogens (tertiary/aromatic N) is 1. The minimum atomic E-state index is -1.30. The lowest BCUT2D eigenvalue weighted by atomic mass is 9.84. The van der Waals surface area contributed by atoms with Crippen molar-refractivity contribution in [2.24, 2.45) is 0 Å². The van der Waals surface area contributed by atoms with Gasteiger partial charge in [0.15, 0.2) is 0 Å². The number of pyridine rings is 1. The Balaban J connectivity index is 1.83. The van der Waals surface area contributed by atoms with E-state index >= 15 is 0 Å². The first-order valence-electron chi connectivity index (χ1n) is 7.17. The Morgan fingerprint density at radius 2 is 2.05 bits per heavy atom. The molecule has 1 amide bonds. The molecule has 1 saturated carbocycles. The van der Waals surface area contributed by atoms with Gasteiger partial charge in [0.1, 0.15) is 16.9 Å². The molecular formula is C16H17FN2O2. The number of aromatic nitrogens is 1. The summed E-state index contributed by atoms with van der Waals surface area (Å²) in [5.74, 6) is -0.795. The van der Waals surface area contributed by atoms with Crippen molar-refractivity contribution in [3.05, 3.63) is 36.3 Å². The van der Waals surface area contributed by atoms with Crippen LogP contribution < -0.4 is 5.32 Å². The van der Waals surface area contributed by atoms with Gasteiger partial charge in [-0.15, -0.1) is 0 Å². The van der Waals surface area contributed by atoms with Crippen LogP contribution in [0.25, 0.3) is 10.9 Å². The molecule has 5 heteroatoms. The van der Waals surface area contributed by atoms with Crippen molar-refractivity contribution in [2.45, 2.75) is 37.7 Å². The molecule has 3 rings (SSSR count). The molecule has 0 spiro atoms. The van der Waals surface area contributed by atoms with Gasteiger partial charge in [0.25, 0.3) is 5.91 Å². The normalized spacial score (nSPS) is 17.6. The largest absolute Gasteiger partial charge is 0.380 e. The maximum atomic E-state index is 13.5. The molecule has 1 heterocycles. The molecule has 1 aromatic carbocycles. The Morgan fingerprint density at radius 3 is 2.81 bits per heavy atom. The molecule has 110 valence electrons. The van der Waals surface area contributed by atoms with E-state index < -0.39 is 17.3 Å². The Bertz CT molecular complexity index is 681. The molecule has 1 aliphatic carbocycles. The molecule has 1 aromatic heterocycles. The van der Waals surface area contributed by atoms with Crippen molar-refractivity contribution in [1.29, 1.82) is 0 Å². The lowest BCUT2D eigenvalue weighted by Gasteiger charge is -2.30. The first-order valence-corrected chi connectivity index (χ1v) is 7.17. The van der Waals surface area contributed by atoms with Gasteiger partial charge in [-0.1, -0.05) is 31.4 Å². The monoisotopic (exact) mass is 288 g/mol. The van der Waals surface area contributed by atoms with Gasteiger partial charge in [0, 0.05) is 5.39 Å². The molecule has 1 aliphatic rings. The number of fused-ring (bicyclic) bond motifs is 1. The quantitative estimate of drug-likeness (QED) is 0.893. The van der Waals surface area contributed by atoms with Gasteiger partial charge in [0.05, 0.1) is 11.9 Å². The van der Waals surface area contributed by atoms with Gasteiger partial charge >= 0.3 is 0 Å². The Morgan fingerprint density at radius 1 is 1.29 bits per heavy atom. The second kappa shape index (κ2) is 5.41. The number of aliphatic hydroxyl groups is 1. The average Bonchev–Trinajstić information content (AvgIpc) is 2.48. The number of hydrogen-bond acceptors (Lipinski definition) is 3. The first kappa shape index (κ1) is 13.9. The molecule has 0 aliphatic heterocycles. The van der Waals surface area contributed by atoms with Gasteiger partial charge in [0.2, 0.25) is 0 Å². The third kappa shape index (κ3) is 2.74. The molecule has 0 saturated heterocycles. The predicted molar refractivity (Wildman–Crippen MR) is 78.4 cm³/mol. The van der Waals surface area contributed by atoms with Crippen molar-refractivity contribution in [3.8, 4) is 0 Å². The van der Waals surface area contributed by atoms with E-state index in [0.717, 1.165) is 19.3 Å². The summed E-state index contributed by atoms with van der Waals surface area (Å²) in [5, 5.41) is 13.7. The minimum Gasteiger partial charge on any atom is -0.380 e. The number of benzene rings is 1. The zero-order valence-corrected chi connectivity index (χ0v) is 11.6. The fourth-order valence-electron chi connectivity index (χ4n) is 2.80. The van der Waals surface area contributed by atoms with E-state index in [1.807, 2.05) is 0 Å². The number of rotatable bonds is 2. The number of nitrogens with one attached hydrogen (secondary N) is 1. The van der Waals surface area contributed by atoms with E-state index in [4.69, 9.17) is 0 Å². The van der Waals surface area contributed by atoms with Crippen LogP contribution in [0.4, 0.5) is 10.1 Å². The highest BCUT2D eigenvalue weighted by atomic mass is 19.1. The minimum absolute atomic E-state index is 0.270. The highest BCUT2D eigenvalue weighted by Crippen LogP contribution is 2.29. The first-order chi connectivity index (χ1) is 10.1. The van der Waals surface area contributed by atoms with Gasteiger partial charge in [-0.25, -0.2) is 4.39 Å². The molecule has 0 bridgehead atoms. The molecule has 0 radical (unpaired) electrons. The van der Waals surface area contributed by atoms with Gasteiger partial charge in [-0.3, -0.25) is 9.78 Å². The predicted octanol–water partition coefficient (Wildman–Crippen LogP) is 3.01. The number of hydrogen-bond donors (Lipinski definition) is 2. The Hall–Kier alpha value is -2.01. The van der Waals surface area contributed by atoms with Crippen LogP contribution in [0.3, 0.4) is 0 Å². The van der Waals surface area contributed by atoms with Crippen molar-refractivity contribution in [1.82, 2.24) is 4.98 Å². The van der Waals surface area contributed by atoms with Crippen LogP contribution in [-0.4, -0.2) is 21.6 Å². The standard InChI is InChI=1S/C16H17FN2O2/c17-13-6-4-5-11-9-12(10-18-14(11)13)19-15(20)16(21)7-2-1-3-8-16/h4-6,9-10,21H,1-3,7-8H2,(H,19,20). The second-order valence-corrected chi connectivity index (χ2v) is 5.58. The highest BCUT2D eigenvalue weighted by molar-refractivity contribution is 5.98. The van der Waals surface area contributed by atoms with Crippen molar-refractivity contribution in [3.63, 3.8) is 0 Å². The molecule has 0 atom stereocenters. The highest BCUT2D eigenvalue weighted by Gasteiger charge is 2.37. The van der Waals surface area contributed by atoms with Crippen molar-refractivity contribution < 1.29 is 14.3 Å². The number of para-hydroxylation sites is 1. The van der Waals surface area contributed by atoms with Gasteiger partial charge in [-0.2, -0.15) is 0 Å². The fraction of sp³-hybridized carbons (Fsp3) is 0.375.